The van der Waals surface area contributed by atoms with Gasteiger partial charge in [-0.25, -0.2) is 4.39 Å². The van der Waals surface area contributed by atoms with Crippen molar-refractivity contribution in [1.82, 2.24) is 10.2 Å². The second kappa shape index (κ2) is 7.55. The summed E-state index contributed by atoms with van der Waals surface area (Å²) in [6, 6.07) is 4.76. The van der Waals surface area contributed by atoms with Crippen molar-refractivity contribution in [1.29, 1.82) is 0 Å². The fourth-order valence-corrected chi connectivity index (χ4v) is 2.62. The van der Waals surface area contributed by atoms with Crippen LogP contribution in [-0.2, 0) is 9.59 Å². The van der Waals surface area contributed by atoms with Gasteiger partial charge in [-0.2, -0.15) is 0 Å². The van der Waals surface area contributed by atoms with Crippen molar-refractivity contribution >= 4 is 17.5 Å². The lowest BCUT2D eigenvalue weighted by molar-refractivity contribution is -0.126. The zero-order valence-corrected chi connectivity index (χ0v) is 13.9. The molecule has 1 aromatic rings. The highest BCUT2D eigenvalue weighted by Gasteiger charge is 2.36. The first-order chi connectivity index (χ1) is 10.9. The van der Waals surface area contributed by atoms with Gasteiger partial charge in [-0.1, -0.05) is 13.0 Å². The lowest BCUT2D eigenvalue weighted by Crippen LogP contribution is -2.37. The van der Waals surface area contributed by atoms with E-state index in [1.165, 1.54) is 11.0 Å². The molecule has 0 radical (unpaired) electrons. The third-order valence-corrected chi connectivity index (χ3v) is 4.22. The Bertz CT molecular complexity index is 591. The Hall–Kier alpha value is -1.95. The first-order valence-electron chi connectivity index (χ1n) is 7.95. The molecule has 0 aromatic heterocycles. The Morgan fingerprint density at radius 1 is 1.48 bits per heavy atom. The number of amides is 2. The minimum absolute atomic E-state index is 0.128. The van der Waals surface area contributed by atoms with E-state index in [9.17, 15) is 14.0 Å². The second-order valence-corrected chi connectivity index (χ2v) is 6.05. The van der Waals surface area contributed by atoms with Crippen molar-refractivity contribution in [2.24, 2.45) is 5.92 Å². The molecule has 0 saturated carbocycles. The van der Waals surface area contributed by atoms with E-state index in [2.05, 4.69) is 10.2 Å². The van der Waals surface area contributed by atoms with Gasteiger partial charge >= 0.3 is 0 Å². The van der Waals surface area contributed by atoms with Gasteiger partial charge in [0.15, 0.2) is 0 Å². The van der Waals surface area contributed by atoms with E-state index in [-0.39, 0.29) is 30.5 Å². The van der Waals surface area contributed by atoms with E-state index < -0.39 is 11.7 Å². The fraction of sp³-hybridized carbons (Fsp3) is 0.529. The molecule has 0 spiro atoms. The predicted octanol–water partition coefficient (Wildman–Crippen LogP) is 1.55. The topological polar surface area (TPSA) is 52.7 Å². The molecule has 2 amide bonds. The second-order valence-electron chi connectivity index (χ2n) is 6.05. The van der Waals surface area contributed by atoms with Crippen molar-refractivity contribution in [3.05, 3.63) is 29.6 Å². The number of aryl methyl sites for hydroxylation is 1. The molecule has 1 aliphatic heterocycles. The van der Waals surface area contributed by atoms with Crippen LogP contribution >= 0.6 is 0 Å². The summed E-state index contributed by atoms with van der Waals surface area (Å²) in [6.45, 7) is 6.30. The summed E-state index contributed by atoms with van der Waals surface area (Å²) in [4.78, 5) is 27.8. The number of nitrogens with zero attached hydrogens (tertiary/aromatic N) is 2. The maximum atomic E-state index is 14.0. The van der Waals surface area contributed by atoms with Crippen molar-refractivity contribution in [2.45, 2.75) is 20.3 Å². The van der Waals surface area contributed by atoms with Crippen molar-refractivity contribution in [3.63, 3.8) is 0 Å². The highest BCUT2D eigenvalue weighted by Crippen LogP contribution is 2.28. The molecule has 0 aliphatic carbocycles. The van der Waals surface area contributed by atoms with Crippen LogP contribution in [-0.4, -0.2) is 49.9 Å². The number of nitrogens with one attached hydrogen (secondary N) is 1. The standard InChI is InChI=1S/C17H24FN3O2/c1-4-20(3)8-7-19-17(23)13-10-16(22)21(11-13)15-6-5-12(2)9-14(15)18/h5-6,9,13H,4,7-8,10-11H2,1-3H3,(H,19,23). The van der Waals surface area contributed by atoms with Crippen LogP contribution in [0.5, 0.6) is 0 Å². The average Bonchev–Trinajstić information content (AvgIpc) is 2.89. The van der Waals surface area contributed by atoms with Gasteiger partial charge in [-0.05, 0) is 38.2 Å². The van der Waals surface area contributed by atoms with Crippen molar-refractivity contribution in [3.8, 4) is 0 Å². The largest absolute Gasteiger partial charge is 0.355 e. The Labute approximate surface area is 136 Å². The molecular formula is C17H24FN3O2. The molecule has 1 saturated heterocycles. The fourth-order valence-electron chi connectivity index (χ4n) is 2.62. The molecule has 6 heteroatoms. The summed E-state index contributed by atoms with van der Waals surface area (Å²) in [5.41, 5.74) is 1.05. The van der Waals surface area contributed by atoms with Crippen LogP contribution < -0.4 is 10.2 Å². The van der Waals surface area contributed by atoms with Gasteiger partial charge in [0.1, 0.15) is 5.82 Å². The zero-order valence-electron chi connectivity index (χ0n) is 13.9. The maximum Gasteiger partial charge on any atom is 0.227 e. The molecule has 5 nitrogen and oxygen atoms in total. The average molecular weight is 321 g/mol. The number of halogens is 1. The molecule has 1 atom stereocenters. The Balaban J connectivity index is 1.95. The molecule has 1 fully saturated rings. The van der Waals surface area contributed by atoms with Crippen LogP contribution in [0.25, 0.3) is 0 Å². The van der Waals surface area contributed by atoms with E-state index in [0.29, 0.717) is 6.54 Å². The smallest absolute Gasteiger partial charge is 0.227 e. The molecular weight excluding hydrogens is 297 g/mol. The summed E-state index contributed by atoms with van der Waals surface area (Å²) >= 11 is 0. The van der Waals surface area contributed by atoms with Crippen LogP contribution in [0, 0.1) is 18.7 Å². The van der Waals surface area contributed by atoms with E-state index >= 15 is 0 Å². The molecule has 126 valence electrons. The number of anilines is 1. The normalized spacial score (nSPS) is 17.9. The molecule has 2 rings (SSSR count). The summed E-state index contributed by atoms with van der Waals surface area (Å²) in [5, 5.41) is 2.85. The van der Waals surface area contributed by atoms with E-state index in [4.69, 9.17) is 0 Å². The van der Waals surface area contributed by atoms with E-state index in [1.807, 2.05) is 14.0 Å². The minimum atomic E-state index is -0.427. The molecule has 1 aliphatic rings. The summed E-state index contributed by atoms with van der Waals surface area (Å²) in [5.74, 6) is -1.20. The lowest BCUT2D eigenvalue weighted by atomic mass is 10.1. The summed E-state index contributed by atoms with van der Waals surface area (Å²) in [7, 11) is 1.98. The molecule has 1 aromatic carbocycles. The van der Waals surface area contributed by atoms with Crippen LogP contribution in [0.15, 0.2) is 18.2 Å². The number of carbonyl (C=O) groups is 2. The number of benzene rings is 1. The first-order valence-corrected chi connectivity index (χ1v) is 7.95. The Morgan fingerprint density at radius 3 is 2.87 bits per heavy atom. The predicted molar refractivity (Wildman–Crippen MR) is 87.8 cm³/mol. The Kier molecular flexibility index (Phi) is 5.71. The van der Waals surface area contributed by atoms with Gasteiger partial charge in [-0.3, -0.25) is 9.59 Å². The summed E-state index contributed by atoms with van der Waals surface area (Å²) in [6.07, 6.45) is 0.128. The van der Waals surface area contributed by atoms with Gasteiger partial charge in [0, 0.05) is 26.1 Å². The molecule has 0 bridgehead atoms. The van der Waals surface area contributed by atoms with Gasteiger partial charge in [0.05, 0.1) is 11.6 Å². The highest BCUT2D eigenvalue weighted by molar-refractivity contribution is 6.00. The van der Waals surface area contributed by atoms with Gasteiger partial charge < -0.3 is 15.1 Å². The van der Waals surface area contributed by atoms with Crippen LogP contribution in [0.2, 0.25) is 0 Å². The van der Waals surface area contributed by atoms with E-state index in [0.717, 1.165) is 18.7 Å². The van der Waals surface area contributed by atoms with Gasteiger partial charge in [-0.15, -0.1) is 0 Å². The molecule has 1 heterocycles. The number of hydrogen-bond acceptors (Lipinski definition) is 3. The van der Waals surface area contributed by atoms with Crippen molar-refractivity contribution in [2.75, 3.05) is 38.1 Å². The molecule has 1 N–H and O–H groups in total. The summed E-state index contributed by atoms with van der Waals surface area (Å²) < 4.78 is 14.0. The van der Waals surface area contributed by atoms with Crippen molar-refractivity contribution < 1.29 is 14.0 Å². The Morgan fingerprint density at radius 2 is 2.22 bits per heavy atom. The van der Waals surface area contributed by atoms with Crippen LogP contribution in [0.1, 0.15) is 18.9 Å². The quantitative estimate of drug-likeness (QED) is 0.865. The van der Waals surface area contributed by atoms with Gasteiger partial charge in [0.25, 0.3) is 0 Å². The maximum absolute atomic E-state index is 14.0. The molecule has 1 unspecified atom stereocenters. The lowest BCUT2D eigenvalue weighted by Gasteiger charge is -2.18. The third kappa shape index (κ3) is 4.28. The number of carbonyl (C=O) groups excluding carboxylic acids is 2. The first kappa shape index (κ1) is 17.4. The highest BCUT2D eigenvalue weighted by atomic mass is 19.1. The zero-order chi connectivity index (χ0) is 17.0. The minimum Gasteiger partial charge on any atom is -0.355 e. The van der Waals surface area contributed by atoms with Crippen LogP contribution in [0.3, 0.4) is 0 Å². The third-order valence-electron chi connectivity index (χ3n) is 4.22. The van der Waals surface area contributed by atoms with Crippen LogP contribution in [0.4, 0.5) is 10.1 Å². The molecule has 23 heavy (non-hydrogen) atoms. The SMILES string of the molecule is CCN(C)CCNC(=O)C1CC(=O)N(c2ccc(C)cc2F)C1. The van der Waals surface area contributed by atoms with Gasteiger partial charge in [0.2, 0.25) is 11.8 Å². The monoisotopic (exact) mass is 321 g/mol. The number of hydrogen-bond donors (Lipinski definition) is 1. The van der Waals surface area contributed by atoms with E-state index in [1.54, 1.807) is 19.1 Å². The number of likely N-dealkylation sites (N-methyl/N-ethyl adjacent to an activating group) is 1. The number of rotatable bonds is 6.